The summed E-state index contributed by atoms with van der Waals surface area (Å²) in [6, 6.07) is 9.51. The van der Waals surface area contributed by atoms with Gasteiger partial charge in [-0.25, -0.2) is 0 Å². The van der Waals surface area contributed by atoms with Crippen LogP contribution < -0.4 is 5.32 Å². The molecule has 1 fully saturated rings. The van der Waals surface area contributed by atoms with Gasteiger partial charge in [0.1, 0.15) is 0 Å². The van der Waals surface area contributed by atoms with Crippen molar-refractivity contribution in [2.24, 2.45) is 11.8 Å². The zero-order valence-corrected chi connectivity index (χ0v) is 14.5. The molecule has 2 heteroatoms. The third-order valence-electron chi connectivity index (χ3n) is 4.75. The van der Waals surface area contributed by atoms with Crippen molar-refractivity contribution in [3.8, 4) is 0 Å². The molecular weight excluding hydrogens is 310 g/mol. The van der Waals surface area contributed by atoms with Crippen molar-refractivity contribution in [1.29, 1.82) is 0 Å². The number of hydrogen-bond acceptors (Lipinski definition) is 1. The van der Waals surface area contributed by atoms with Crippen LogP contribution in [-0.2, 0) is 6.42 Å². The highest BCUT2D eigenvalue weighted by molar-refractivity contribution is 9.10. The SMILES string of the molecule is CCCNC(Cc1ccc(Br)cc1)C1CCC(CC)C1. The standard InChI is InChI=1S/C18H28BrN/c1-3-11-20-18(16-8-5-14(4-2)12-16)13-15-6-9-17(19)10-7-15/h6-7,9-10,14,16,18,20H,3-5,8,11-13H2,1-2H3. The second-order valence-electron chi connectivity index (χ2n) is 6.24. The Morgan fingerprint density at radius 2 is 1.95 bits per heavy atom. The average Bonchev–Trinajstić information content (AvgIpc) is 2.94. The predicted octanol–water partition coefficient (Wildman–Crippen LogP) is 5.19. The van der Waals surface area contributed by atoms with Crippen molar-refractivity contribution in [1.82, 2.24) is 5.32 Å². The molecule has 20 heavy (non-hydrogen) atoms. The zero-order valence-electron chi connectivity index (χ0n) is 12.9. The highest BCUT2D eigenvalue weighted by Gasteiger charge is 2.29. The number of halogens is 1. The normalized spacial score (nSPS) is 23.9. The van der Waals surface area contributed by atoms with Gasteiger partial charge in [0.05, 0.1) is 0 Å². The summed E-state index contributed by atoms with van der Waals surface area (Å²) in [5.41, 5.74) is 1.46. The van der Waals surface area contributed by atoms with E-state index in [0.29, 0.717) is 6.04 Å². The molecule has 0 aromatic heterocycles. The van der Waals surface area contributed by atoms with E-state index in [2.05, 4.69) is 59.4 Å². The van der Waals surface area contributed by atoms with Crippen molar-refractivity contribution in [3.63, 3.8) is 0 Å². The van der Waals surface area contributed by atoms with Gasteiger partial charge in [-0.3, -0.25) is 0 Å². The van der Waals surface area contributed by atoms with Crippen molar-refractivity contribution in [2.75, 3.05) is 6.54 Å². The molecule has 0 radical (unpaired) electrons. The van der Waals surface area contributed by atoms with E-state index < -0.39 is 0 Å². The summed E-state index contributed by atoms with van der Waals surface area (Å²) in [6.45, 7) is 5.75. The molecule has 0 bridgehead atoms. The Balaban J connectivity index is 1.98. The summed E-state index contributed by atoms with van der Waals surface area (Å²) >= 11 is 3.52. The summed E-state index contributed by atoms with van der Waals surface area (Å²) in [5.74, 6) is 1.84. The summed E-state index contributed by atoms with van der Waals surface area (Å²) in [6.07, 6.45) is 8.03. The molecule has 3 unspecified atom stereocenters. The van der Waals surface area contributed by atoms with Gasteiger partial charge >= 0.3 is 0 Å². The fourth-order valence-electron chi connectivity index (χ4n) is 3.46. The van der Waals surface area contributed by atoms with Crippen LogP contribution in [0.4, 0.5) is 0 Å². The van der Waals surface area contributed by atoms with Crippen molar-refractivity contribution < 1.29 is 0 Å². The zero-order chi connectivity index (χ0) is 14.4. The van der Waals surface area contributed by atoms with E-state index in [-0.39, 0.29) is 0 Å². The lowest BCUT2D eigenvalue weighted by Gasteiger charge is -2.25. The molecule has 0 heterocycles. The van der Waals surface area contributed by atoms with E-state index >= 15 is 0 Å². The van der Waals surface area contributed by atoms with Gasteiger partial charge < -0.3 is 5.32 Å². The molecule has 1 N–H and O–H groups in total. The van der Waals surface area contributed by atoms with Gasteiger partial charge in [-0.2, -0.15) is 0 Å². The number of benzene rings is 1. The molecule has 112 valence electrons. The van der Waals surface area contributed by atoms with E-state index in [4.69, 9.17) is 0 Å². The number of nitrogens with one attached hydrogen (secondary N) is 1. The summed E-state index contributed by atoms with van der Waals surface area (Å²) in [5, 5.41) is 3.81. The van der Waals surface area contributed by atoms with Crippen molar-refractivity contribution in [3.05, 3.63) is 34.3 Å². The van der Waals surface area contributed by atoms with Crippen molar-refractivity contribution >= 4 is 15.9 Å². The van der Waals surface area contributed by atoms with Gasteiger partial charge in [0, 0.05) is 10.5 Å². The first-order valence-electron chi connectivity index (χ1n) is 8.20. The van der Waals surface area contributed by atoms with Gasteiger partial charge in [0.15, 0.2) is 0 Å². The molecule has 0 saturated heterocycles. The van der Waals surface area contributed by atoms with Gasteiger partial charge in [-0.1, -0.05) is 54.8 Å². The number of rotatable bonds is 7. The molecule has 3 atom stereocenters. The van der Waals surface area contributed by atoms with Gasteiger partial charge in [-0.15, -0.1) is 0 Å². The quantitative estimate of drug-likeness (QED) is 0.722. The minimum absolute atomic E-state index is 0.660. The molecule has 0 aliphatic heterocycles. The summed E-state index contributed by atoms with van der Waals surface area (Å²) < 4.78 is 1.17. The largest absolute Gasteiger partial charge is 0.313 e. The fourth-order valence-corrected chi connectivity index (χ4v) is 3.72. The Bertz CT molecular complexity index is 387. The second kappa shape index (κ2) is 8.19. The highest BCUT2D eigenvalue weighted by atomic mass is 79.9. The summed E-state index contributed by atoms with van der Waals surface area (Å²) in [4.78, 5) is 0. The first-order chi connectivity index (χ1) is 9.72. The maximum Gasteiger partial charge on any atom is 0.0175 e. The molecule has 1 aromatic carbocycles. The molecular formula is C18H28BrN. The molecule has 0 spiro atoms. The number of hydrogen-bond donors (Lipinski definition) is 1. The van der Waals surface area contributed by atoms with Crippen LogP contribution in [0.1, 0.15) is 51.5 Å². The van der Waals surface area contributed by atoms with Crippen LogP contribution in [-0.4, -0.2) is 12.6 Å². The van der Waals surface area contributed by atoms with Gasteiger partial charge in [-0.05, 0) is 61.8 Å². The molecule has 1 saturated carbocycles. The third-order valence-corrected chi connectivity index (χ3v) is 5.28. The molecule has 2 rings (SSSR count). The minimum Gasteiger partial charge on any atom is -0.313 e. The van der Waals surface area contributed by atoms with Crippen LogP contribution in [0.3, 0.4) is 0 Å². The monoisotopic (exact) mass is 337 g/mol. The Hall–Kier alpha value is -0.340. The summed E-state index contributed by atoms with van der Waals surface area (Å²) in [7, 11) is 0. The van der Waals surface area contributed by atoms with Gasteiger partial charge in [0.25, 0.3) is 0 Å². The maximum atomic E-state index is 3.81. The lowest BCUT2D eigenvalue weighted by molar-refractivity contribution is 0.344. The van der Waals surface area contributed by atoms with Crippen LogP contribution in [0.15, 0.2) is 28.7 Å². The molecule has 1 aliphatic rings. The maximum absolute atomic E-state index is 3.81. The minimum atomic E-state index is 0.660. The topological polar surface area (TPSA) is 12.0 Å². The predicted molar refractivity (Wildman–Crippen MR) is 91.0 cm³/mol. The first kappa shape index (κ1) is 16.0. The highest BCUT2D eigenvalue weighted by Crippen LogP contribution is 2.35. The van der Waals surface area contributed by atoms with Crippen LogP contribution in [0.25, 0.3) is 0 Å². The van der Waals surface area contributed by atoms with Crippen molar-refractivity contribution in [2.45, 2.75) is 58.4 Å². The van der Waals surface area contributed by atoms with Crippen LogP contribution >= 0.6 is 15.9 Å². The van der Waals surface area contributed by atoms with E-state index in [0.717, 1.165) is 18.4 Å². The van der Waals surface area contributed by atoms with E-state index in [1.54, 1.807) is 0 Å². The average molecular weight is 338 g/mol. The van der Waals surface area contributed by atoms with Gasteiger partial charge in [0.2, 0.25) is 0 Å². The lowest BCUT2D eigenvalue weighted by Crippen LogP contribution is -2.37. The molecule has 0 amide bonds. The molecule has 1 aromatic rings. The van der Waals surface area contributed by atoms with E-state index in [1.807, 2.05) is 0 Å². The molecule has 1 nitrogen and oxygen atoms in total. The Kier molecular flexibility index (Phi) is 6.57. The van der Waals surface area contributed by atoms with E-state index in [1.165, 1.54) is 48.6 Å². The Morgan fingerprint density at radius 1 is 1.20 bits per heavy atom. The molecule has 1 aliphatic carbocycles. The third kappa shape index (κ3) is 4.60. The Morgan fingerprint density at radius 3 is 2.55 bits per heavy atom. The smallest absolute Gasteiger partial charge is 0.0175 e. The van der Waals surface area contributed by atoms with E-state index in [9.17, 15) is 0 Å². The first-order valence-corrected chi connectivity index (χ1v) is 9.00. The lowest BCUT2D eigenvalue weighted by atomic mass is 9.91. The van der Waals surface area contributed by atoms with Crippen LogP contribution in [0.5, 0.6) is 0 Å². The second-order valence-corrected chi connectivity index (χ2v) is 7.15. The fraction of sp³-hybridized carbons (Fsp3) is 0.667. The van der Waals surface area contributed by atoms with Crippen LogP contribution in [0, 0.1) is 11.8 Å². The Labute approximate surface area is 132 Å². The van der Waals surface area contributed by atoms with Crippen LogP contribution in [0.2, 0.25) is 0 Å².